The molecule has 0 amide bonds. The van der Waals surface area contributed by atoms with E-state index in [1.165, 1.54) is 28.2 Å². The van der Waals surface area contributed by atoms with Gasteiger partial charge in [0.1, 0.15) is 0 Å². The zero-order valence-electron chi connectivity index (χ0n) is 18.1. The van der Waals surface area contributed by atoms with Crippen molar-refractivity contribution in [3.05, 3.63) is 58.2 Å². The average molecular weight is 422 g/mol. The molecule has 5 heteroatoms. The Labute approximate surface area is 183 Å². The second kappa shape index (κ2) is 7.14. The number of halogens is 1. The molecule has 4 nitrogen and oxygen atoms in total. The molecule has 2 aliphatic heterocycles. The predicted octanol–water partition coefficient (Wildman–Crippen LogP) is 5.77. The number of fused-ring (bicyclic) bond motifs is 2. The van der Waals surface area contributed by atoms with E-state index in [9.17, 15) is 0 Å². The lowest BCUT2D eigenvalue weighted by atomic mass is 9.87. The number of morpholine rings is 1. The number of rotatable bonds is 2. The summed E-state index contributed by atoms with van der Waals surface area (Å²) in [5, 5.41) is 1.86. The number of ether oxygens (including phenoxy) is 1. The Kier molecular flexibility index (Phi) is 4.68. The van der Waals surface area contributed by atoms with Crippen LogP contribution in [0.3, 0.4) is 0 Å². The zero-order chi connectivity index (χ0) is 21.0. The largest absolute Gasteiger partial charge is 0.378 e. The lowest BCUT2D eigenvalue weighted by molar-refractivity contribution is 0.122. The van der Waals surface area contributed by atoms with Gasteiger partial charge in [0.05, 0.1) is 24.4 Å². The molecule has 1 fully saturated rings. The van der Waals surface area contributed by atoms with Gasteiger partial charge in [-0.2, -0.15) is 0 Å². The smallest absolute Gasteiger partial charge is 0.0727 e. The monoisotopic (exact) mass is 421 g/mol. The topological polar surface area (TPSA) is 28.6 Å². The number of benzene rings is 2. The zero-order valence-corrected chi connectivity index (χ0v) is 18.9. The highest BCUT2D eigenvalue weighted by atomic mass is 35.5. The quantitative estimate of drug-likeness (QED) is 0.525. The van der Waals surface area contributed by atoms with E-state index in [4.69, 9.17) is 21.3 Å². The first-order chi connectivity index (χ1) is 14.3. The van der Waals surface area contributed by atoms with Gasteiger partial charge in [0.25, 0.3) is 0 Å². The van der Waals surface area contributed by atoms with Crippen LogP contribution in [0.1, 0.15) is 30.7 Å². The third kappa shape index (κ3) is 3.14. The van der Waals surface area contributed by atoms with Crippen molar-refractivity contribution in [2.45, 2.75) is 33.1 Å². The van der Waals surface area contributed by atoms with E-state index >= 15 is 0 Å². The van der Waals surface area contributed by atoms with Crippen LogP contribution >= 0.6 is 11.6 Å². The van der Waals surface area contributed by atoms with Gasteiger partial charge in [0.2, 0.25) is 0 Å². The summed E-state index contributed by atoms with van der Waals surface area (Å²) in [6, 6.07) is 13.0. The number of pyridine rings is 1. The van der Waals surface area contributed by atoms with Gasteiger partial charge in [-0.3, -0.25) is 4.98 Å². The summed E-state index contributed by atoms with van der Waals surface area (Å²) in [4.78, 5) is 9.74. The Bertz CT molecular complexity index is 1130. The molecule has 0 radical (unpaired) electrons. The second-order valence-corrected chi connectivity index (χ2v) is 9.54. The lowest BCUT2D eigenvalue weighted by Gasteiger charge is -2.30. The average Bonchev–Trinajstić information content (AvgIpc) is 3.00. The number of aryl methyl sites for hydroxylation is 1. The van der Waals surface area contributed by atoms with Gasteiger partial charge < -0.3 is 14.5 Å². The number of anilines is 3. The van der Waals surface area contributed by atoms with Crippen molar-refractivity contribution in [1.82, 2.24) is 4.98 Å². The Morgan fingerprint density at radius 1 is 1.03 bits per heavy atom. The first-order valence-electron chi connectivity index (χ1n) is 10.7. The maximum Gasteiger partial charge on any atom is 0.0727 e. The summed E-state index contributed by atoms with van der Waals surface area (Å²) < 4.78 is 5.55. The molecule has 3 heterocycles. The summed E-state index contributed by atoms with van der Waals surface area (Å²) in [5.74, 6) is 0. The molecule has 0 saturated carbocycles. The first-order valence-corrected chi connectivity index (χ1v) is 11.0. The van der Waals surface area contributed by atoms with E-state index in [1.54, 1.807) is 0 Å². The molecule has 156 valence electrons. The van der Waals surface area contributed by atoms with Crippen LogP contribution in [0, 0.1) is 13.8 Å². The molecule has 2 aromatic carbocycles. The molecule has 30 heavy (non-hydrogen) atoms. The lowest BCUT2D eigenvalue weighted by Crippen LogP contribution is -2.36. The minimum Gasteiger partial charge on any atom is -0.378 e. The highest BCUT2D eigenvalue weighted by Gasteiger charge is 2.37. The second-order valence-electron chi connectivity index (χ2n) is 9.10. The van der Waals surface area contributed by atoms with Crippen LogP contribution in [-0.2, 0) is 10.2 Å². The van der Waals surface area contributed by atoms with Crippen molar-refractivity contribution in [1.29, 1.82) is 0 Å². The van der Waals surface area contributed by atoms with E-state index in [0.717, 1.165) is 54.5 Å². The van der Waals surface area contributed by atoms with Crippen molar-refractivity contribution in [3.8, 4) is 0 Å². The van der Waals surface area contributed by atoms with Gasteiger partial charge >= 0.3 is 0 Å². The van der Waals surface area contributed by atoms with Crippen LogP contribution in [0.15, 0.2) is 36.4 Å². The standard InChI is InChI=1S/C25H28ClN3O/c1-16-17(2)27-22-8-5-18(26)13-20(22)24(16)29-15-25(3,4)21-7-6-19(14-23(21)29)28-9-11-30-12-10-28/h5-8,13-14H,9-12,15H2,1-4H3. The summed E-state index contributed by atoms with van der Waals surface area (Å²) >= 11 is 6.41. The van der Waals surface area contributed by atoms with Gasteiger partial charge in [-0.1, -0.05) is 31.5 Å². The molecule has 2 aliphatic rings. The van der Waals surface area contributed by atoms with Crippen LogP contribution in [0.5, 0.6) is 0 Å². The van der Waals surface area contributed by atoms with Crippen molar-refractivity contribution in [2.75, 3.05) is 42.6 Å². The first kappa shape index (κ1) is 19.7. The van der Waals surface area contributed by atoms with Crippen molar-refractivity contribution in [3.63, 3.8) is 0 Å². The van der Waals surface area contributed by atoms with Crippen LogP contribution in [0.25, 0.3) is 10.9 Å². The molecule has 0 aliphatic carbocycles. The molecule has 5 rings (SSSR count). The molecule has 0 unspecified atom stereocenters. The van der Waals surface area contributed by atoms with Crippen LogP contribution < -0.4 is 9.80 Å². The van der Waals surface area contributed by atoms with E-state index in [0.29, 0.717) is 0 Å². The van der Waals surface area contributed by atoms with Crippen molar-refractivity contribution >= 4 is 39.6 Å². The highest BCUT2D eigenvalue weighted by Crippen LogP contribution is 2.48. The Hall–Kier alpha value is -2.30. The number of hydrogen-bond acceptors (Lipinski definition) is 4. The Morgan fingerprint density at radius 3 is 2.57 bits per heavy atom. The van der Waals surface area contributed by atoms with E-state index in [2.05, 4.69) is 61.8 Å². The molecule has 0 bridgehead atoms. The summed E-state index contributed by atoms with van der Waals surface area (Å²) in [5.41, 5.74) is 8.51. The van der Waals surface area contributed by atoms with Crippen molar-refractivity contribution < 1.29 is 4.74 Å². The summed E-state index contributed by atoms with van der Waals surface area (Å²) in [6.45, 7) is 13.3. The van der Waals surface area contributed by atoms with Gasteiger partial charge in [-0.15, -0.1) is 0 Å². The van der Waals surface area contributed by atoms with Crippen molar-refractivity contribution in [2.24, 2.45) is 0 Å². The third-order valence-corrected chi connectivity index (χ3v) is 6.84. The molecule has 0 N–H and O–H groups in total. The fraction of sp³-hybridized carbons (Fsp3) is 0.400. The minimum atomic E-state index is 0.0629. The molecule has 3 aromatic rings. The fourth-order valence-electron chi connectivity index (χ4n) is 4.88. The number of aromatic nitrogens is 1. The van der Waals surface area contributed by atoms with E-state index in [1.807, 2.05) is 12.1 Å². The van der Waals surface area contributed by atoms with Gasteiger partial charge in [-0.25, -0.2) is 0 Å². The van der Waals surface area contributed by atoms with E-state index < -0.39 is 0 Å². The van der Waals surface area contributed by atoms with Gasteiger partial charge in [-0.05, 0) is 55.3 Å². The van der Waals surface area contributed by atoms with Gasteiger partial charge in [0.15, 0.2) is 0 Å². The fourth-order valence-corrected chi connectivity index (χ4v) is 5.05. The number of hydrogen-bond donors (Lipinski definition) is 0. The Balaban J connectivity index is 1.71. The van der Waals surface area contributed by atoms with Crippen LogP contribution in [-0.4, -0.2) is 37.8 Å². The van der Waals surface area contributed by atoms with E-state index in [-0.39, 0.29) is 5.41 Å². The molecule has 0 atom stereocenters. The summed E-state index contributed by atoms with van der Waals surface area (Å²) in [7, 11) is 0. The van der Waals surface area contributed by atoms with Crippen LogP contribution in [0.2, 0.25) is 5.02 Å². The van der Waals surface area contributed by atoms with Crippen LogP contribution in [0.4, 0.5) is 17.1 Å². The number of nitrogens with zero attached hydrogens (tertiary/aromatic N) is 3. The SMILES string of the molecule is Cc1nc2ccc(Cl)cc2c(N2CC(C)(C)c3ccc(N4CCOCC4)cc32)c1C. The Morgan fingerprint density at radius 2 is 1.80 bits per heavy atom. The maximum atomic E-state index is 6.41. The molecule has 1 aromatic heterocycles. The molecular weight excluding hydrogens is 394 g/mol. The highest BCUT2D eigenvalue weighted by molar-refractivity contribution is 6.31. The summed E-state index contributed by atoms with van der Waals surface area (Å²) in [6.07, 6.45) is 0. The molecule has 1 saturated heterocycles. The van der Waals surface area contributed by atoms with Gasteiger partial charge in [0, 0.05) is 52.5 Å². The normalized spacial score (nSPS) is 18.2. The molecular formula is C25H28ClN3O. The maximum absolute atomic E-state index is 6.41. The third-order valence-electron chi connectivity index (χ3n) is 6.60. The molecule has 0 spiro atoms. The minimum absolute atomic E-state index is 0.0629. The predicted molar refractivity (Wildman–Crippen MR) is 126 cm³/mol.